The fraction of sp³-hybridized carbons (Fsp3) is 0.192. The van der Waals surface area contributed by atoms with Crippen LogP contribution in [0.4, 0.5) is 10.1 Å². The zero-order valence-corrected chi connectivity index (χ0v) is 19.4. The van der Waals surface area contributed by atoms with Crippen LogP contribution in [0.5, 0.6) is 11.8 Å². The van der Waals surface area contributed by atoms with E-state index in [-0.39, 0.29) is 24.1 Å². The largest absolute Gasteiger partial charge is 0.497 e. The first-order valence-corrected chi connectivity index (χ1v) is 11.1. The Bertz CT molecular complexity index is 1290. The lowest BCUT2D eigenvalue weighted by Gasteiger charge is -2.09. The van der Waals surface area contributed by atoms with E-state index in [0.29, 0.717) is 41.7 Å². The lowest BCUT2D eigenvalue weighted by Crippen LogP contribution is -2.12. The number of nitrogens with zero attached hydrogens (tertiary/aromatic N) is 3. The highest BCUT2D eigenvalue weighted by molar-refractivity contribution is 6.04. The van der Waals surface area contributed by atoms with Crippen LogP contribution in [-0.4, -0.2) is 47.6 Å². The number of benzene rings is 3. The molecule has 4 rings (SSSR count). The van der Waals surface area contributed by atoms with Crippen molar-refractivity contribution in [3.8, 4) is 28.8 Å². The molecule has 180 valence electrons. The normalized spacial score (nSPS) is 10.7. The Balaban J connectivity index is 1.58. The summed E-state index contributed by atoms with van der Waals surface area (Å²) in [4.78, 5) is 17.0. The highest BCUT2D eigenvalue weighted by Gasteiger charge is 2.18. The Labute approximate surface area is 202 Å². The number of ether oxygens (including phenoxy) is 3. The van der Waals surface area contributed by atoms with E-state index < -0.39 is 5.82 Å². The first-order valence-electron chi connectivity index (χ1n) is 11.1. The van der Waals surface area contributed by atoms with Crippen molar-refractivity contribution in [3.05, 3.63) is 84.2 Å². The predicted octanol–water partition coefficient (Wildman–Crippen LogP) is 4.75. The molecule has 1 heterocycles. The van der Waals surface area contributed by atoms with Crippen molar-refractivity contribution in [3.63, 3.8) is 0 Å². The second kappa shape index (κ2) is 11.3. The molecule has 0 atom stereocenters. The molecule has 9 heteroatoms. The van der Waals surface area contributed by atoms with Crippen molar-refractivity contribution in [1.29, 1.82) is 0 Å². The Kier molecular flexibility index (Phi) is 7.69. The van der Waals surface area contributed by atoms with Crippen molar-refractivity contribution in [2.45, 2.75) is 6.92 Å². The molecule has 0 spiro atoms. The maximum absolute atomic E-state index is 14.6. The van der Waals surface area contributed by atoms with Gasteiger partial charge in [-0.3, -0.25) is 4.79 Å². The standard InChI is InChI=1S/C26H25FN4O4/c1-3-34-15-16-35-26-29-24(22-9-4-5-10-23(22)27)31(30-26)20-13-11-19(12-14-20)28-25(32)18-7-6-8-21(17-18)33-2/h4-14,17H,3,15-16H2,1-2H3,(H,28,32). The summed E-state index contributed by atoms with van der Waals surface area (Å²) in [5, 5.41) is 7.26. The van der Waals surface area contributed by atoms with Gasteiger partial charge in [0.05, 0.1) is 25.0 Å². The summed E-state index contributed by atoms with van der Waals surface area (Å²) in [6.45, 7) is 3.13. The average Bonchev–Trinajstić information content (AvgIpc) is 3.31. The van der Waals surface area contributed by atoms with Crippen LogP contribution in [0.2, 0.25) is 0 Å². The summed E-state index contributed by atoms with van der Waals surface area (Å²) in [7, 11) is 1.55. The molecule has 0 fully saturated rings. The number of halogens is 1. The number of anilines is 1. The second-order valence-electron chi connectivity index (χ2n) is 7.39. The van der Waals surface area contributed by atoms with E-state index in [0.717, 1.165) is 0 Å². The van der Waals surface area contributed by atoms with Crippen LogP contribution in [0.25, 0.3) is 17.1 Å². The van der Waals surface area contributed by atoms with E-state index in [1.807, 2.05) is 6.92 Å². The third-order valence-corrected chi connectivity index (χ3v) is 5.07. The van der Waals surface area contributed by atoms with Crippen LogP contribution in [0.3, 0.4) is 0 Å². The minimum absolute atomic E-state index is 0.110. The maximum Gasteiger partial charge on any atom is 0.336 e. The first-order chi connectivity index (χ1) is 17.1. The lowest BCUT2D eigenvalue weighted by atomic mass is 10.2. The van der Waals surface area contributed by atoms with Gasteiger partial charge >= 0.3 is 6.01 Å². The predicted molar refractivity (Wildman–Crippen MR) is 130 cm³/mol. The minimum atomic E-state index is -0.427. The molecule has 0 aliphatic rings. The molecule has 3 aromatic carbocycles. The summed E-state index contributed by atoms with van der Waals surface area (Å²) in [5.74, 6) is 0.195. The van der Waals surface area contributed by atoms with Crippen LogP contribution in [0.15, 0.2) is 72.8 Å². The molecule has 1 aromatic heterocycles. The smallest absolute Gasteiger partial charge is 0.336 e. The number of amides is 1. The van der Waals surface area contributed by atoms with Crippen molar-refractivity contribution >= 4 is 11.6 Å². The number of carbonyl (C=O) groups is 1. The molecule has 0 radical (unpaired) electrons. The van der Waals surface area contributed by atoms with E-state index >= 15 is 0 Å². The van der Waals surface area contributed by atoms with Gasteiger partial charge in [-0.25, -0.2) is 9.07 Å². The molecule has 4 aromatic rings. The first kappa shape index (κ1) is 23.9. The fourth-order valence-electron chi connectivity index (χ4n) is 3.34. The van der Waals surface area contributed by atoms with Gasteiger partial charge in [-0.1, -0.05) is 18.2 Å². The van der Waals surface area contributed by atoms with Crippen molar-refractivity contribution in [2.24, 2.45) is 0 Å². The molecule has 35 heavy (non-hydrogen) atoms. The monoisotopic (exact) mass is 476 g/mol. The molecular weight excluding hydrogens is 451 g/mol. The van der Waals surface area contributed by atoms with E-state index in [2.05, 4.69) is 15.4 Å². The number of methoxy groups -OCH3 is 1. The van der Waals surface area contributed by atoms with Crippen molar-refractivity contribution in [1.82, 2.24) is 14.8 Å². The summed E-state index contributed by atoms with van der Waals surface area (Å²) < 4.78 is 32.1. The molecule has 0 aliphatic carbocycles. The van der Waals surface area contributed by atoms with Crippen molar-refractivity contribution < 1.29 is 23.4 Å². The SMILES string of the molecule is CCOCCOc1nc(-c2ccccc2F)n(-c2ccc(NC(=O)c3cccc(OC)c3)cc2)n1. The lowest BCUT2D eigenvalue weighted by molar-refractivity contribution is 0.102. The van der Waals surface area contributed by atoms with Gasteiger partial charge in [0.2, 0.25) is 0 Å². The van der Waals surface area contributed by atoms with E-state index in [1.54, 1.807) is 73.8 Å². The van der Waals surface area contributed by atoms with E-state index in [9.17, 15) is 9.18 Å². The second-order valence-corrected chi connectivity index (χ2v) is 7.39. The highest BCUT2D eigenvalue weighted by Crippen LogP contribution is 2.26. The third kappa shape index (κ3) is 5.82. The molecule has 0 aliphatic heterocycles. The summed E-state index contributed by atoms with van der Waals surface area (Å²) in [6.07, 6.45) is 0. The summed E-state index contributed by atoms with van der Waals surface area (Å²) in [6, 6.07) is 20.3. The zero-order chi connectivity index (χ0) is 24.6. The topological polar surface area (TPSA) is 87.5 Å². The molecule has 1 N–H and O–H groups in total. The molecule has 0 bridgehead atoms. The summed E-state index contributed by atoms with van der Waals surface area (Å²) >= 11 is 0. The van der Waals surface area contributed by atoms with Crippen molar-refractivity contribution in [2.75, 3.05) is 32.2 Å². The average molecular weight is 477 g/mol. The highest BCUT2D eigenvalue weighted by atomic mass is 19.1. The summed E-state index contributed by atoms with van der Waals surface area (Å²) in [5.41, 5.74) is 1.97. The van der Waals surface area contributed by atoms with Gasteiger partial charge in [-0.15, -0.1) is 5.10 Å². The van der Waals surface area contributed by atoms with E-state index in [1.165, 1.54) is 10.7 Å². The zero-order valence-electron chi connectivity index (χ0n) is 19.4. The number of carbonyl (C=O) groups excluding carboxylic acids is 1. The Hall–Kier alpha value is -4.24. The van der Waals surface area contributed by atoms with Gasteiger partial charge in [0.15, 0.2) is 5.82 Å². The molecule has 0 unspecified atom stereocenters. The van der Waals surface area contributed by atoms with Crippen LogP contribution < -0.4 is 14.8 Å². The number of aromatic nitrogens is 3. The van der Waals surface area contributed by atoms with E-state index in [4.69, 9.17) is 14.2 Å². The molecule has 0 saturated heterocycles. The Morgan fingerprint density at radius 1 is 1.03 bits per heavy atom. The molecule has 1 amide bonds. The molecular formula is C26H25FN4O4. The third-order valence-electron chi connectivity index (χ3n) is 5.07. The molecule has 8 nitrogen and oxygen atoms in total. The van der Waals surface area contributed by atoms with Crippen LogP contribution in [0, 0.1) is 5.82 Å². The van der Waals surface area contributed by atoms with Gasteiger partial charge in [0, 0.05) is 17.9 Å². The van der Waals surface area contributed by atoms with Crippen LogP contribution >= 0.6 is 0 Å². The number of hydrogen-bond acceptors (Lipinski definition) is 6. The fourth-order valence-corrected chi connectivity index (χ4v) is 3.34. The van der Waals surface area contributed by atoms with Gasteiger partial charge in [-0.05, 0) is 61.5 Å². The van der Waals surface area contributed by atoms with Crippen LogP contribution in [0.1, 0.15) is 17.3 Å². The Morgan fingerprint density at radius 2 is 1.83 bits per heavy atom. The number of rotatable bonds is 10. The Morgan fingerprint density at radius 3 is 2.57 bits per heavy atom. The van der Waals surface area contributed by atoms with Gasteiger partial charge < -0.3 is 19.5 Å². The number of hydrogen-bond donors (Lipinski definition) is 1. The quantitative estimate of drug-likeness (QED) is 0.333. The van der Waals surface area contributed by atoms with Gasteiger partial charge in [-0.2, -0.15) is 4.98 Å². The molecule has 0 saturated carbocycles. The maximum atomic E-state index is 14.6. The van der Waals surface area contributed by atoms with Gasteiger partial charge in [0.1, 0.15) is 18.2 Å². The minimum Gasteiger partial charge on any atom is -0.497 e. The van der Waals surface area contributed by atoms with Gasteiger partial charge in [0.25, 0.3) is 5.91 Å². The number of nitrogens with one attached hydrogen (secondary N) is 1. The van der Waals surface area contributed by atoms with Crippen LogP contribution in [-0.2, 0) is 4.74 Å².